The summed E-state index contributed by atoms with van der Waals surface area (Å²) < 4.78 is 1.98. The van der Waals surface area contributed by atoms with Gasteiger partial charge < -0.3 is 16.8 Å². The van der Waals surface area contributed by atoms with Gasteiger partial charge in [-0.1, -0.05) is 12.1 Å². The first-order valence-electron chi connectivity index (χ1n) is 6.51. The van der Waals surface area contributed by atoms with Gasteiger partial charge >= 0.3 is 5.69 Å². The number of anilines is 3. The summed E-state index contributed by atoms with van der Waals surface area (Å²) in [6.45, 7) is 0. The fourth-order valence-electron chi connectivity index (χ4n) is 1.98. The second-order valence-electron chi connectivity index (χ2n) is 4.93. The summed E-state index contributed by atoms with van der Waals surface area (Å²) in [5, 5.41) is 2.46. The largest absolute Gasteiger partial charge is 0.399 e. The maximum absolute atomic E-state index is 12.0. The van der Waals surface area contributed by atoms with Crippen molar-refractivity contribution in [2.24, 2.45) is 14.1 Å². The van der Waals surface area contributed by atoms with E-state index in [4.69, 9.17) is 11.5 Å². The minimum atomic E-state index is -0.647. The molecule has 0 radical (unpaired) electrons. The SMILES string of the molecule is Cl.Cn1c(N)c(NC(=O)Cc2ccc(N)cc2)c(=O)n(C)c1=O. The van der Waals surface area contributed by atoms with Gasteiger partial charge in [-0.25, -0.2) is 4.79 Å². The molecule has 1 aromatic heterocycles. The fourth-order valence-corrected chi connectivity index (χ4v) is 1.98. The predicted molar refractivity (Wildman–Crippen MR) is 91.8 cm³/mol. The Bertz CT molecular complexity index is 839. The van der Waals surface area contributed by atoms with Crippen LogP contribution in [0.3, 0.4) is 0 Å². The van der Waals surface area contributed by atoms with Crippen LogP contribution in [0.2, 0.25) is 0 Å². The monoisotopic (exact) mass is 339 g/mol. The number of amides is 1. The molecule has 1 aromatic carbocycles. The molecule has 0 atom stereocenters. The van der Waals surface area contributed by atoms with E-state index in [1.165, 1.54) is 14.1 Å². The number of aromatic nitrogens is 2. The summed E-state index contributed by atoms with van der Waals surface area (Å²) in [5.74, 6) is -0.494. The molecule has 23 heavy (non-hydrogen) atoms. The molecule has 0 unspecified atom stereocenters. The van der Waals surface area contributed by atoms with Crippen LogP contribution >= 0.6 is 12.4 Å². The number of halogens is 1. The Morgan fingerprint density at radius 3 is 2.22 bits per heavy atom. The van der Waals surface area contributed by atoms with Crippen LogP contribution in [0.1, 0.15) is 5.56 Å². The van der Waals surface area contributed by atoms with Crippen molar-refractivity contribution < 1.29 is 4.79 Å². The molecule has 124 valence electrons. The first kappa shape index (κ1) is 18.3. The Kier molecular flexibility index (Phi) is 5.58. The van der Waals surface area contributed by atoms with Crippen molar-refractivity contribution in [2.45, 2.75) is 6.42 Å². The Labute approximate surface area is 138 Å². The van der Waals surface area contributed by atoms with E-state index in [1.807, 2.05) is 0 Å². The number of nitrogens with two attached hydrogens (primary N) is 2. The van der Waals surface area contributed by atoms with Crippen LogP contribution in [0.25, 0.3) is 0 Å². The summed E-state index contributed by atoms with van der Waals surface area (Å²) in [7, 11) is 2.74. The summed E-state index contributed by atoms with van der Waals surface area (Å²) in [6, 6.07) is 6.80. The third kappa shape index (κ3) is 3.72. The number of nitrogens with zero attached hydrogens (tertiary/aromatic N) is 2. The molecule has 0 bridgehead atoms. The lowest BCUT2D eigenvalue weighted by Crippen LogP contribution is -2.40. The lowest BCUT2D eigenvalue weighted by Gasteiger charge is -2.12. The molecule has 0 saturated carbocycles. The average molecular weight is 340 g/mol. The van der Waals surface area contributed by atoms with Crippen LogP contribution in [0.5, 0.6) is 0 Å². The molecule has 2 aromatic rings. The van der Waals surface area contributed by atoms with Crippen LogP contribution in [0.15, 0.2) is 33.9 Å². The van der Waals surface area contributed by atoms with Crippen LogP contribution in [-0.4, -0.2) is 15.0 Å². The lowest BCUT2D eigenvalue weighted by atomic mass is 10.1. The van der Waals surface area contributed by atoms with Crippen molar-refractivity contribution in [3.63, 3.8) is 0 Å². The third-order valence-electron chi connectivity index (χ3n) is 3.32. The molecule has 0 fully saturated rings. The summed E-state index contributed by atoms with van der Waals surface area (Å²) in [4.78, 5) is 35.8. The van der Waals surface area contributed by atoms with Crippen molar-refractivity contribution in [3.8, 4) is 0 Å². The van der Waals surface area contributed by atoms with Crippen molar-refractivity contribution in [2.75, 3.05) is 16.8 Å². The highest BCUT2D eigenvalue weighted by molar-refractivity contribution is 5.94. The van der Waals surface area contributed by atoms with Crippen molar-refractivity contribution in [1.82, 2.24) is 9.13 Å². The molecule has 0 spiro atoms. The number of benzene rings is 1. The van der Waals surface area contributed by atoms with E-state index in [2.05, 4.69) is 5.32 Å². The second kappa shape index (κ2) is 7.01. The molecular weight excluding hydrogens is 322 g/mol. The van der Waals surface area contributed by atoms with Gasteiger partial charge in [0.25, 0.3) is 5.56 Å². The number of carbonyl (C=O) groups is 1. The molecule has 0 aliphatic carbocycles. The molecule has 9 heteroatoms. The zero-order valence-electron chi connectivity index (χ0n) is 12.7. The van der Waals surface area contributed by atoms with Crippen molar-refractivity contribution in [3.05, 3.63) is 50.7 Å². The Morgan fingerprint density at radius 2 is 1.65 bits per heavy atom. The van der Waals surface area contributed by atoms with Gasteiger partial charge in [0, 0.05) is 19.8 Å². The summed E-state index contributed by atoms with van der Waals surface area (Å²) in [5.41, 5.74) is 11.3. The third-order valence-corrected chi connectivity index (χ3v) is 3.32. The molecule has 5 N–H and O–H groups in total. The number of hydrogen-bond acceptors (Lipinski definition) is 5. The zero-order chi connectivity index (χ0) is 16.4. The van der Waals surface area contributed by atoms with Gasteiger partial charge in [-0.15, -0.1) is 12.4 Å². The Morgan fingerprint density at radius 1 is 1.09 bits per heavy atom. The van der Waals surface area contributed by atoms with Crippen LogP contribution in [-0.2, 0) is 25.3 Å². The number of hydrogen-bond donors (Lipinski definition) is 3. The van der Waals surface area contributed by atoms with E-state index >= 15 is 0 Å². The maximum Gasteiger partial charge on any atom is 0.332 e. The highest BCUT2D eigenvalue weighted by Crippen LogP contribution is 2.11. The van der Waals surface area contributed by atoms with E-state index in [-0.39, 0.29) is 30.3 Å². The standard InChI is InChI=1S/C14H17N5O3.ClH/c1-18-12(16)11(13(21)19(2)14(18)22)17-10(20)7-8-3-5-9(15)6-4-8;/h3-6H,7,15-16H2,1-2H3,(H,17,20);1H. The highest BCUT2D eigenvalue weighted by Gasteiger charge is 2.15. The van der Waals surface area contributed by atoms with Crippen LogP contribution in [0, 0.1) is 0 Å². The van der Waals surface area contributed by atoms with E-state index < -0.39 is 17.2 Å². The molecule has 1 amide bonds. The first-order chi connectivity index (χ1) is 10.3. The minimum absolute atomic E-state index is 0. The molecule has 2 rings (SSSR count). The normalized spacial score (nSPS) is 10.0. The van der Waals surface area contributed by atoms with Gasteiger partial charge in [0.1, 0.15) is 11.5 Å². The van der Waals surface area contributed by atoms with Gasteiger partial charge in [0.05, 0.1) is 6.42 Å². The first-order valence-corrected chi connectivity index (χ1v) is 6.51. The quantitative estimate of drug-likeness (QED) is 0.671. The number of carbonyl (C=O) groups excluding carboxylic acids is 1. The molecule has 8 nitrogen and oxygen atoms in total. The van der Waals surface area contributed by atoms with E-state index in [1.54, 1.807) is 24.3 Å². The predicted octanol–water partition coefficient (Wildman–Crippen LogP) is -0.149. The zero-order valence-corrected chi connectivity index (χ0v) is 13.5. The lowest BCUT2D eigenvalue weighted by molar-refractivity contribution is -0.115. The van der Waals surface area contributed by atoms with Gasteiger partial charge in [-0.3, -0.25) is 18.7 Å². The fraction of sp³-hybridized carbons (Fsp3) is 0.214. The van der Waals surface area contributed by atoms with Crippen LogP contribution in [0.4, 0.5) is 17.2 Å². The van der Waals surface area contributed by atoms with Crippen molar-refractivity contribution >= 4 is 35.5 Å². The van der Waals surface area contributed by atoms with Gasteiger partial charge in [0.2, 0.25) is 5.91 Å². The molecule has 0 aliphatic rings. The minimum Gasteiger partial charge on any atom is -0.399 e. The van der Waals surface area contributed by atoms with Gasteiger partial charge in [-0.2, -0.15) is 0 Å². The molecule has 0 saturated heterocycles. The molecule has 1 heterocycles. The summed E-state index contributed by atoms with van der Waals surface area (Å²) >= 11 is 0. The highest BCUT2D eigenvalue weighted by atomic mass is 35.5. The Balaban J connectivity index is 0.00000264. The average Bonchev–Trinajstić information content (AvgIpc) is 2.50. The summed E-state index contributed by atoms with van der Waals surface area (Å²) in [6.07, 6.45) is 0.0612. The molecule has 0 aliphatic heterocycles. The second-order valence-corrected chi connectivity index (χ2v) is 4.93. The van der Waals surface area contributed by atoms with Gasteiger partial charge in [-0.05, 0) is 17.7 Å². The van der Waals surface area contributed by atoms with E-state index in [9.17, 15) is 14.4 Å². The smallest absolute Gasteiger partial charge is 0.332 e. The van der Waals surface area contributed by atoms with Crippen molar-refractivity contribution in [1.29, 1.82) is 0 Å². The number of nitrogens with one attached hydrogen (secondary N) is 1. The van der Waals surface area contributed by atoms with Gasteiger partial charge in [0.15, 0.2) is 0 Å². The maximum atomic E-state index is 12.0. The topological polar surface area (TPSA) is 125 Å². The van der Waals surface area contributed by atoms with E-state index in [0.717, 1.165) is 14.7 Å². The van der Waals surface area contributed by atoms with Crippen LogP contribution < -0.4 is 28.0 Å². The van der Waals surface area contributed by atoms with E-state index in [0.29, 0.717) is 5.69 Å². The molecular formula is C14H18ClN5O3. The Hall–Kier alpha value is -2.74. The number of nitrogen functional groups attached to an aromatic ring is 2. The number of rotatable bonds is 3.